The number of para-hydroxylation sites is 1. The van der Waals surface area contributed by atoms with Crippen LogP contribution in [0, 0.1) is 5.82 Å². The minimum absolute atomic E-state index is 0.0589. The fourth-order valence-corrected chi connectivity index (χ4v) is 2.38. The molecule has 0 bridgehead atoms. The van der Waals surface area contributed by atoms with Gasteiger partial charge in [-0.1, -0.05) is 30.4 Å². The molecule has 3 rings (SSSR count). The molecule has 1 heterocycles. The van der Waals surface area contributed by atoms with Crippen molar-refractivity contribution in [2.45, 2.75) is 6.04 Å². The molecule has 1 aliphatic rings. The van der Waals surface area contributed by atoms with Crippen LogP contribution in [0.5, 0.6) is 5.75 Å². The Morgan fingerprint density at radius 3 is 2.85 bits per heavy atom. The number of ether oxygens (including phenoxy) is 1. The zero-order chi connectivity index (χ0) is 14.1. The van der Waals surface area contributed by atoms with Gasteiger partial charge in [-0.3, -0.25) is 0 Å². The third-order valence-corrected chi connectivity index (χ3v) is 3.52. The first-order valence-corrected chi connectivity index (χ1v) is 6.63. The summed E-state index contributed by atoms with van der Waals surface area (Å²) < 4.78 is 19.6. The molecule has 1 aliphatic heterocycles. The number of rotatable bonds is 3. The van der Waals surface area contributed by atoms with Crippen molar-refractivity contribution in [2.75, 3.05) is 11.9 Å². The minimum Gasteiger partial charge on any atom is -0.491 e. The van der Waals surface area contributed by atoms with Gasteiger partial charge < -0.3 is 15.8 Å². The second-order valence-corrected chi connectivity index (χ2v) is 5.04. The first-order chi connectivity index (χ1) is 9.65. The predicted octanol–water partition coefficient (Wildman–Crippen LogP) is 3.01. The Morgan fingerprint density at radius 1 is 1.30 bits per heavy atom. The van der Waals surface area contributed by atoms with Gasteiger partial charge in [0.25, 0.3) is 0 Å². The molecule has 0 saturated carbocycles. The van der Waals surface area contributed by atoms with Crippen molar-refractivity contribution in [3.8, 4) is 5.75 Å². The Kier molecular flexibility index (Phi) is 3.28. The lowest BCUT2D eigenvalue weighted by Gasteiger charge is -2.14. The largest absolute Gasteiger partial charge is 0.491 e. The van der Waals surface area contributed by atoms with E-state index in [4.69, 9.17) is 22.7 Å². The molecule has 0 fully saturated rings. The monoisotopic (exact) mass is 288 g/mol. The van der Waals surface area contributed by atoms with Crippen molar-refractivity contribution in [2.24, 2.45) is 5.73 Å². The van der Waals surface area contributed by atoms with Crippen molar-refractivity contribution in [1.82, 2.24) is 0 Å². The van der Waals surface area contributed by atoms with Gasteiger partial charge in [-0.25, -0.2) is 4.39 Å². The van der Waals surface area contributed by atoms with E-state index in [1.807, 2.05) is 24.3 Å². The van der Waals surface area contributed by atoms with E-state index in [1.165, 1.54) is 6.07 Å². The van der Waals surface area contributed by atoms with Crippen LogP contribution < -0.4 is 15.8 Å². The van der Waals surface area contributed by atoms with Crippen LogP contribution in [0.1, 0.15) is 17.2 Å². The Labute approximate surface area is 121 Å². The summed E-state index contributed by atoms with van der Waals surface area (Å²) in [4.78, 5) is 0.185. The molecule has 3 N–H and O–H groups in total. The molecular formula is C15H13FN2OS. The summed E-state index contributed by atoms with van der Waals surface area (Å²) in [5, 5.41) is 3.15. The summed E-state index contributed by atoms with van der Waals surface area (Å²) in [5.74, 6) is 0.463. The van der Waals surface area contributed by atoms with Gasteiger partial charge in [0.15, 0.2) is 0 Å². The van der Waals surface area contributed by atoms with Crippen LogP contribution in [-0.4, -0.2) is 11.6 Å². The number of nitrogens with two attached hydrogens (primary N) is 1. The van der Waals surface area contributed by atoms with Crippen LogP contribution in [0.3, 0.4) is 0 Å². The molecule has 20 heavy (non-hydrogen) atoms. The Hall–Kier alpha value is -2.14. The summed E-state index contributed by atoms with van der Waals surface area (Å²) in [6.45, 7) is 0.482. The standard InChI is InChI=1S/C15H13FN2OS/c16-11-7-9(15(17)20)5-6-12(11)18-13-8-19-14-4-2-1-3-10(13)14/h1-7,13,18H,8H2,(H2,17,20). The Morgan fingerprint density at radius 2 is 2.10 bits per heavy atom. The molecule has 5 heteroatoms. The van der Waals surface area contributed by atoms with Crippen molar-refractivity contribution in [3.63, 3.8) is 0 Å². The number of halogens is 1. The second kappa shape index (κ2) is 5.09. The lowest BCUT2D eigenvalue weighted by atomic mass is 10.1. The number of fused-ring (bicyclic) bond motifs is 1. The lowest BCUT2D eigenvalue weighted by Crippen LogP contribution is -2.14. The third-order valence-electron chi connectivity index (χ3n) is 3.28. The highest BCUT2D eigenvalue weighted by molar-refractivity contribution is 7.80. The number of nitrogens with one attached hydrogen (secondary N) is 1. The van der Waals surface area contributed by atoms with E-state index >= 15 is 0 Å². The molecule has 0 saturated heterocycles. The molecule has 3 nitrogen and oxygen atoms in total. The smallest absolute Gasteiger partial charge is 0.147 e. The summed E-state index contributed by atoms with van der Waals surface area (Å²) in [7, 11) is 0. The van der Waals surface area contributed by atoms with Gasteiger partial charge in [-0.15, -0.1) is 0 Å². The first kappa shape index (κ1) is 12.9. The fraction of sp³-hybridized carbons (Fsp3) is 0.133. The molecule has 0 aromatic heterocycles. The topological polar surface area (TPSA) is 47.3 Å². The van der Waals surface area contributed by atoms with Gasteiger partial charge in [0.1, 0.15) is 23.2 Å². The van der Waals surface area contributed by atoms with E-state index in [9.17, 15) is 4.39 Å². The summed E-state index contributed by atoms with van der Waals surface area (Å²) in [6.07, 6.45) is 0. The zero-order valence-corrected chi connectivity index (χ0v) is 11.4. The van der Waals surface area contributed by atoms with Crippen LogP contribution in [0.4, 0.5) is 10.1 Å². The average molecular weight is 288 g/mol. The molecule has 1 atom stereocenters. The predicted molar refractivity (Wildman–Crippen MR) is 80.6 cm³/mol. The van der Waals surface area contributed by atoms with Crippen LogP contribution in [0.15, 0.2) is 42.5 Å². The summed E-state index contributed by atoms with van der Waals surface area (Å²) in [5.41, 5.74) is 7.45. The van der Waals surface area contributed by atoms with Crippen molar-refractivity contribution < 1.29 is 9.13 Å². The molecule has 1 unspecified atom stereocenters. The molecule has 0 aliphatic carbocycles. The number of thiocarbonyl (C=S) groups is 1. The zero-order valence-electron chi connectivity index (χ0n) is 10.6. The van der Waals surface area contributed by atoms with Crippen LogP contribution in [0.2, 0.25) is 0 Å². The van der Waals surface area contributed by atoms with E-state index in [0.717, 1.165) is 11.3 Å². The van der Waals surface area contributed by atoms with Crippen LogP contribution >= 0.6 is 12.2 Å². The van der Waals surface area contributed by atoms with Crippen LogP contribution in [-0.2, 0) is 0 Å². The molecule has 102 valence electrons. The van der Waals surface area contributed by atoms with Gasteiger partial charge in [0.05, 0.1) is 11.7 Å². The van der Waals surface area contributed by atoms with E-state index in [-0.39, 0.29) is 16.8 Å². The number of hydrogen-bond donors (Lipinski definition) is 2. The Bertz CT molecular complexity index is 675. The van der Waals surface area contributed by atoms with E-state index in [0.29, 0.717) is 17.9 Å². The molecule has 0 spiro atoms. The maximum Gasteiger partial charge on any atom is 0.147 e. The van der Waals surface area contributed by atoms with E-state index < -0.39 is 0 Å². The molecule has 2 aromatic carbocycles. The molecule has 0 amide bonds. The average Bonchev–Trinajstić information content (AvgIpc) is 2.84. The van der Waals surface area contributed by atoms with Gasteiger partial charge in [-0.2, -0.15) is 0 Å². The highest BCUT2D eigenvalue weighted by atomic mass is 32.1. The Balaban J connectivity index is 1.84. The van der Waals surface area contributed by atoms with Crippen LogP contribution in [0.25, 0.3) is 0 Å². The highest BCUT2D eigenvalue weighted by Crippen LogP contribution is 2.34. The maximum atomic E-state index is 14.0. The lowest BCUT2D eigenvalue weighted by molar-refractivity contribution is 0.339. The first-order valence-electron chi connectivity index (χ1n) is 6.23. The fourth-order valence-electron chi connectivity index (χ4n) is 2.26. The normalized spacial score (nSPS) is 16.4. The maximum absolute atomic E-state index is 14.0. The van der Waals surface area contributed by atoms with E-state index in [2.05, 4.69) is 5.32 Å². The van der Waals surface area contributed by atoms with Crippen molar-refractivity contribution >= 4 is 22.9 Å². The molecule has 2 aromatic rings. The third kappa shape index (κ3) is 2.32. The number of benzene rings is 2. The highest BCUT2D eigenvalue weighted by Gasteiger charge is 2.24. The van der Waals surface area contributed by atoms with Crippen molar-refractivity contribution in [3.05, 3.63) is 59.4 Å². The quantitative estimate of drug-likeness (QED) is 0.852. The number of hydrogen-bond acceptors (Lipinski definition) is 3. The van der Waals surface area contributed by atoms with Gasteiger partial charge in [0.2, 0.25) is 0 Å². The van der Waals surface area contributed by atoms with Gasteiger partial charge in [-0.05, 0) is 24.3 Å². The second-order valence-electron chi connectivity index (χ2n) is 4.60. The summed E-state index contributed by atoms with van der Waals surface area (Å²) in [6, 6.07) is 12.4. The molecule has 0 radical (unpaired) electrons. The van der Waals surface area contributed by atoms with Gasteiger partial charge in [0, 0.05) is 11.1 Å². The SMILES string of the molecule is NC(=S)c1ccc(NC2COc3ccccc32)c(F)c1. The van der Waals surface area contributed by atoms with E-state index in [1.54, 1.807) is 12.1 Å². The van der Waals surface area contributed by atoms with Gasteiger partial charge >= 0.3 is 0 Å². The molecular weight excluding hydrogens is 275 g/mol. The van der Waals surface area contributed by atoms with Crippen molar-refractivity contribution in [1.29, 1.82) is 0 Å². The minimum atomic E-state index is -0.375. The summed E-state index contributed by atoms with van der Waals surface area (Å²) >= 11 is 4.83. The number of anilines is 1.